The summed E-state index contributed by atoms with van der Waals surface area (Å²) < 4.78 is 28.5. The number of benzene rings is 2. The van der Waals surface area contributed by atoms with Crippen LogP contribution in [0.3, 0.4) is 0 Å². The van der Waals surface area contributed by atoms with E-state index in [9.17, 15) is 23.4 Å². The first-order chi connectivity index (χ1) is 16.9. The Morgan fingerprint density at radius 3 is 2.57 bits per heavy atom. The molecule has 1 aliphatic rings. The fourth-order valence-corrected chi connectivity index (χ4v) is 5.98. The number of carboxylic acid groups (broad SMARTS) is 1. The second-order valence-electron chi connectivity index (χ2n) is 7.90. The highest BCUT2D eigenvalue weighted by Crippen LogP contribution is 2.37. The van der Waals surface area contributed by atoms with Crippen LogP contribution in [0.15, 0.2) is 72.1 Å². The van der Waals surface area contributed by atoms with Crippen molar-refractivity contribution in [1.82, 2.24) is 24.2 Å². The summed E-state index contributed by atoms with van der Waals surface area (Å²) in [6, 6.07) is 11.7. The number of carbonyl (C=O) groups is 1. The topological polar surface area (TPSA) is 150 Å². The van der Waals surface area contributed by atoms with Crippen LogP contribution in [-0.2, 0) is 14.8 Å². The van der Waals surface area contributed by atoms with E-state index in [0.29, 0.717) is 22.5 Å². The highest BCUT2D eigenvalue weighted by Gasteiger charge is 2.42. The van der Waals surface area contributed by atoms with Crippen molar-refractivity contribution in [2.75, 3.05) is 24.5 Å². The molecule has 2 N–H and O–H groups in total. The molecule has 0 bridgehead atoms. The zero-order chi connectivity index (χ0) is 24.6. The van der Waals surface area contributed by atoms with Crippen molar-refractivity contribution in [2.24, 2.45) is 0 Å². The summed E-state index contributed by atoms with van der Waals surface area (Å²) in [5.41, 5.74) is 1.71. The third-order valence-corrected chi connectivity index (χ3v) is 7.80. The summed E-state index contributed by atoms with van der Waals surface area (Å²) in [7, 11) is -4.39. The molecule has 1 saturated heterocycles. The zero-order valence-corrected chi connectivity index (χ0v) is 19.1. The number of aliphatic carboxylic acids is 1. The Kier molecular flexibility index (Phi) is 5.75. The highest BCUT2D eigenvalue weighted by molar-refractivity contribution is 7.89. The molecule has 35 heavy (non-hydrogen) atoms. The van der Waals surface area contributed by atoms with E-state index in [4.69, 9.17) is 0 Å². The number of phenols is 1. The van der Waals surface area contributed by atoms with E-state index in [2.05, 4.69) is 19.9 Å². The molecule has 1 fully saturated rings. The number of sulfonamides is 1. The molecule has 11 nitrogen and oxygen atoms in total. The summed E-state index contributed by atoms with van der Waals surface area (Å²) >= 11 is 0. The first-order valence-electron chi connectivity index (χ1n) is 10.7. The Bertz CT molecular complexity index is 1520. The van der Waals surface area contributed by atoms with E-state index in [1.54, 1.807) is 47.4 Å². The van der Waals surface area contributed by atoms with Crippen LogP contribution >= 0.6 is 0 Å². The van der Waals surface area contributed by atoms with Gasteiger partial charge in [-0.2, -0.15) is 4.31 Å². The Balaban J connectivity index is 1.51. The van der Waals surface area contributed by atoms with Crippen LogP contribution in [0.25, 0.3) is 22.3 Å². The van der Waals surface area contributed by atoms with Crippen LogP contribution in [0.5, 0.6) is 5.75 Å². The maximum Gasteiger partial charge on any atom is 0.323 e. The predicted octanol–water partition coefficient (Wildman–Crippen LogP) is 1.76. The number of rotatable bonds is 5. The molecular formula is C23H20N6O5S. The van der Waals surface area contributed by atoms with Gasteiger partial charge in [-0.05, 0) is 11.6 Å². The van der Waals surface area contributed by atoms with Gasteiger partial charge in [0.25, 0.3) is 0 Å². The van der Waals surface area contributed by atoms with Crippen LogP contribution in [0.4, 0.5) is 5.82 Å². The van der Waals surface area contributed by atoms with E-state index >= 15 is 0 Å². The number of carboxylic acids is 1. The molecule has 0 unspecified atom stereocenters. The van der Waals surface area contributed by atoms with Crippen LogP contribution in [0, 0.1) is 0 Å². The van der Waals surface area contributed by atoms with Gasteiger partial charge in [-0.15, -0.1) is 0 Å². The van der Waals surface area contributed by atoms with Gasteiger partial charge in [0.05, 0.1) is 12.4 Å². The van der Waals surface area contributed by atoms with Crippen molar-refractivity contribution >= 4 is 33.0 Å². The monoisotopic (exact) mass is 492 g/mol. The Morgan fingerprint density at radius 2 is 1.80 bits per heavy atom. The zero-order valence-electron chi connectivity index (χ0n) is 18.3. The summed E-state index contributed by atoms with van der Waals surface area (Å²) in [6.07, 6.45) is 4.33. The molecule has 178 valence electrons. The van der Waals surface area contributed by atoms with E-state index in [1.807, 2.05) is 0 Å². The lowest BCUT2D eigenvalue weighted by molar-refractivity contribution is -0.141. The van der Waals surface area contributed by atoms with Crippen LogP contribution in [-0.4, -0.2) is 74.5 Å². The quantitative estimate of drug-likeness (QED) is 0.422. The molecule has 0 saturated carbocycles. The molecule has 0 amide bonds. The lowest BCUT2D eigenvalue weighted by Gasteiger charge is -2.39. The summed E-state index contributed by atoms with van der Waals surface area (Å²) in [5.74, 6) is -1.38. The number of nitrogens with zero attached hydrogens (tertiary/aromatic N) is 6. The molecule has 5 rings (SSSR count). The minimum absolute atomic E-state index is 0.134. The molecule has 0 radical (unpaired) electrons. The molecule has 3 heterocycles. The van der Waals surface area contributed by atoms with Crippen LogP contribution < -0.4 is 4.90 Å². The average molecular weight is 493 g/mol. The molecule has 0 spiro atoms. The first kappa shape index (κ1) is 22.6. The van der Waals surface area contributed by atoms with Crippen molar-refractivity contribution in [2.45, 2.75) is 10.9 Å². The van der Waals surface area contributed by atoms with Crippen molar-refractivity contribution in [1.29, 1.82) is 0 Å². The maximum atomic E-state index is 13.8. The number of anilines is 1. The van der Waals surface area contributed by atoms with E-state index in [1.165, 1.54) is 24.8 Å². The Hall–Kier alpha value is -4.16. The van der Waals surface area contributed by atoms with E-state index in [-0.39, 0.29) is 30.1 Å². The number of phenolic OH excluding ortho intramolecular Hbond substituents is 1. The fourth-order valence-electron chi connectivity index (χ4n) is 4.13. The van der Waals surface area contributed by atoms with E-state index < -0.39 is 27.8 Å². The number of aromatic hydroxyl groups is 1. The minimum Gasteiger partial charge on any atom is -0.507 e. The molecular weight excluding hydrogens is 472 g/mol. The van der Waals surface area contributed by atoms with Gasteiger partial charge in [0.1, 0.15) is 34.3 Å². The standard InChI is InChI=1S/C23H20N6O5S/c30-19-8-4-7-16(15-5-2-1-3-6-15)21(19)35(33,34)29-10-9-28(13-18(29)23(31)32)20-12-25-17-11-24-14-26-22(17)27-20/h1-8,11-12,14,18,30H,9-10,13H2,(H,31,32)/t18-/m1/s1. The summed E-state index contributed by atoms with van der Waals surface area (Å²) in [6.45, 7) is -0.123. The number of fused-ring (bicyclic) bond motifs is 1. The number of piperazine rings is 1. The summed E-state index contributed by atoms with van der Waals surface area (Å²) in [4.78, 5) is 30.2. The molecule has 2 aromatic heterocycles. The van der Waals surface area contributed by atoms with Gasteiger partial charge < -0.3 is 15.1 Å². The van der Waals surface area contributed by atoms with Crippen molar-refractivity contribution in [3.05, 3.63) is 67.3 Å². The second kappa shape index (κ2) is 8.89. The van der Waals surface area contributed by atoms with Crippen LogP contribution in [0.2, 0.25) is 0 Å². The number of hydrogen-bond acceptors (Lipinski definition) is 9. The fraction of sp³-hybridized carbons (Fsp3) is 0.174. The van der Waals surface area contributed by atoms with Gasteiger partial charge in [-0.3, -0.25) is 4.79 Å². The molecule has 1 aliphatic heterocycles. The first-order valence-corrected chi connectivity index (χ1v) is 12.1. The maximum absolute atomic E-state index is 13.8. The number of hydrogen-bond donors (Lipinski definition) is 2. The largest absolute Gasteiger partial charge is 0.507 e. The molecule has 12 heteroatoms. The van der Waals surface area contributed by atoms with Gasteiger partial charge in [-0.25, -0.2) is 28.4 Å². The smallest absolute Gasteiger partial charge is 0.323 e. The highest BCUT2D eigenvalue weighted by atomic mass is 32.2. The molecule has 1 atom stereocenters. The molecule has 0 aliphatic carbocycles. The number of aromatic nitrogens is 4. The van der Waals surface area contributed by atoms with Gasteiger partial charge >= 0.3 is 5.97 Å². The second-order valence-corrected chi connectivity index (χ2v) is 9.72. The van der Waals surface area contributed by atoms with Gasteiger partial charge in [0, 0.05) is 25.2 Å². The van der Waals surface area contributed by atoms with Gasteiger partial charge in [0.15, 0.2) is 5.65 Å². The van der Waals surface area contributed by atoms with E-state index in [0.717, 1.165) is 4.31 Å². The van der Waals surface area contributed by atoms with Crippen molar-refractivity contribution < 1.29 is 23.4 Å². The molecule has 2 aromatic carbocycles. The molecule has 4 aromatic rings. The average Bonchev–Trinajstić information content (AvgIpc) is 2.88. The van der Waals surface area contributed by atoms with Gasteiger partial charge in [-0.1, -0.05) is 42.5 Å². The third-order valence-electron chi connectivity index (χ3n) is 5.80. The lowest BCUT2D eigenvalue weighted by Crippen LogP contribution is -2.58. The minimum atomic E-state index is -4.39. The van der Waals surface area contributed by atoms with Gasteiger partial charge in [0.2, 0.25) is 10.0 Å². The Morgan fingerprint density at radius 1 is 1.00 bits per heavy atom. The lowest BCUT2D eigenvalue weighted by atomic mass is 10.1. The van der Waals surface area contributed by atoms with Crippen LogP contribution in [0.1, 0.15) is 0 Å². The summed E-state index contributed by atoms with van der Waals surface area (Å²) in [5, 5.41) is 20.5. The third kappa shape index (κ3) is 4.13. The SMILES string of the molecule is O=C(O)[C@H]1CN(c2cnc3cncnc3n2)CCN1S(=O)(=O)c1c(O)cccc1-c1ccccc1. The van der Waals surface area contributed by atoms with Crippen molar-refractivity contribution in [3.8, 4) is 16.9 Å². The Labute approximate surface area is 200 Å². The normalized spacial score (nSPS) is 16.9. The van der Waals surface area contributed by atoms with Crippen molar-refractivity contribution in [3.63, 3.8) is 0 Å². The predicted molar refractivity (Wildman–Crippen MR) is 126 cm³/mol.